The summed E-state index contributed by atoms with van der Waals surface area (Å²) in [7, 11) is 0. The molecule has 2 aromatic heterocycles. The smallest absolute Gasteiger partial charge is 0.231 e. The Hall–Kier alpha value is -4.11. The maximum absolute atomic E-state index is 13.6. The van der Waals surface area contributed by atoms with Gasteiger partial charge in [-0.2, -0.15) is 0 Å². The average Bonchev–Trinajstić information content (AvgIpc) is 3.41. The monoisotopic (exact) mass is 503 g/mol. The number of benzene rings is 2. The maximum atomic E-state index is 13.6. The Morgan fingerprint density at radius 3 is 2.59 bits per heavy atom. The van der Waals surface area contributed by atoms with Gasteiger partial charge in [-0.25, -0.2) is 14.4 Å². The topological polar surface area (TPSA) is 129 Å². The number of aliphatic hydroxyl groups is 1. The number of primary amides is 1. The number of hydrogen-bond donors (Lipinski definition) is 2. The fourth-order valence-corrected chi connectivity index (χ4v) is 4.51. The molecule has 0 radical (unpaired) electrons. The molecule has 190 valence electrons. The van der Waals surface area contributed by atoms with E-state index >= 15 is 0 Å². The van der Waals surface area contributed by atoms with Crippen molar-refractivity contribution in [2.45, 2.75) is 44.6 Å². The van der Waals surface area contributed by atoms with Gasteiger partial charge in [0.15, 0.2) is 17.3 Å². The number of rotatable bonds is 7. The number of carbonyl (C=O) groups is 2. The normalized spacial score (nSPS) is 18.3. The van der Waals surface area contributed by atoms with Gasteiger partial charge in [-0.3, -0.25) is 9.59 Å². The van der Waals surface area contributed by atoms with E-state index in [2.05, 4.69) is 9.97 Å². The lowest BCUT2D eigenvalue weighted by Crippen LogP contribution is -2.40. The molecule has 8 nitrogen and oxygen atoms in total. The molecule has 2 aromatic carbocycles. The van der Waals surface area contributed by atoms with Gasteiger partial charge in [0.05, 0.1) is 5.69 Å². The first-order chi connectivity index (χ1) is 17.5. The van der Waals surface area contributed by atoms with Crippen LogP contribution in [0.3, 0.4) is 0 Å². The van der Waals surface area contributed by atoms with Crippen molar-refractivity contribution < 1.29 is 28.2 Å². The molecule has 0 aliphatic carbocycles. The van der Waals surface area contributed by atoms with Gasteiger partial charge >= 0.3 is 0 Å². The van der Waals surface area contributed by atoms with Gasteiger partial charge in [-0.15, -0.1) is 0 Å². The minimum absolute atomic E-state index is 0.0151. The van der Waals surface area contributed by atoms with Gasteiger partial charge in [0.2, 0.25) is 5.91 Å². The van der Waals surface area contributed by atoms with Crippen LogP contribution in [0.15, 0.2) is 52.9 Å². The van der Waals surface area contributed by atoms with Crippen LogP contribution in [0.5, 0.6) is 5.75 Å². The van der Waals surface area contributed by atoms with Crippen molar-refractivity contribution in [1.29, 1.82) is 0 Å². The summed E-state index contributed by atoms with van der Waals surface area (Å²) in [4.78, 5) is 34.2. The molecule has 4 aromatic rings. The second-order valence-electron chi connectivity index (χ2n) is 9.84. The van der Waals surface area contributed by atoms with Crippen LogP contribution in [0.25, 0.3) is 22.4 Å². The van der Waals surface area contributed by atoms with E-state index in [4.69, 9.17) is 14.9 Å². The van der Waals surface area contributed by atoms with Crippen LogP contribution in [0.1, 0.15) is 54.2 Å². The van der Waals surface area contributed by atoms with E-state index in [0.29, 0.717) is 45.1 Å². The predicted octanol–water partition coefficient (Wildman–Crippen LogP) is 4.34. The van der Waals surface area contributed by atoms with E-state index in [1.165, 1.54) is 12.1 Å². The molecular weight excluding hydrogens is 477 g/mol. The zero-order chi connectivity index (χ0) is 26.5. The number of hydrogen-bond acceptors (Lipinski definition) is 7. The lowest BCUT2D eigenvalue weighted by molar-refractivity contribution is -0.123. The van der Waals surface area contributed by atoms with Crippen LogP contribution in [-0.4, -0.2) is 33.4 Å². The quantitative estimate of drug-likeness (QED) is 0.359. The number of carbonyl (C=O) groups excluding carboxylic acids is 2. The summed E-state index contributed by atoms with van der Waals surface area (Å²) >= 11 is 0. The standard InChI is InChI=1S/C28H26FN3O5/c1-15-31-20-9-6-17(12-22(20)37-15)21(33)10-11-28(3,35)23-13-19-25(36-14-27(19,2)26(30)34)24(32-23)16-4-7-18(29)8-5-16/h4-9,12-13,35H,10-11,14H2,1-3H3,(H2,30,34)/t27-,28-/m0/s1. The van der Waals surface area contributed by atoms with Crippen molar-refractivity contribution in [3.63, 3.8) is 0 Å². The van der Waals surface area contributed by atoms with E-state index in [1.807, 2.05) is 0 Å². The molecule has 9 heteroatoms. The largest absolute Gasteiger partial charge is 0.489 e. The van der Waals surface area contributed by atoms with Crippen molar-refractivity contribution in [2.75, 3.05) is 6.61 Å². The Morgan fingerprint density at radius 1 is 1.16 bits per heavy atom. The Balaban J connectivity index is 1.49. The molecule has 0 saturated carbocycles. The SMILES string of the molecule is Cc1nc2ccc(C(=O)CC[C@](C)(O)c3cc4c(c(-c5ccc(F)cc5)n3)OC[C@]4(C)C(N)=O)cc2o1. The molecule has 37 heavy (non-hydrogen) atoms. The Morgan fingerprint density at radius 2 is 1.89 bits per heavy atom. The van der Waals surface area contributed by atoms with E-state index in [0.717, 1.165) is 0 Å². The number of nitrogens with two attached hydrogens (primary N) is 1. The second kappa shape index (κ2) is 8.77. The Labute approximate surface area is 212 Å². The number of nitrogens with zero attached hydrogens (tertiary/aromatic N) is 2. The van der Waals surface area contributed by atoms with Gasteiger partial charge in [0.25, 0.3) is 0 Å². The molecule has 2 atom stereocenters. The number of oxazole rings is 1. The molecular formula is C28H26FN3O5. The predicted molar refractivity (Wildman–Crippen MR) is 134 cm³/mol. The first-order valence-corrected chi connectivity index (χ1v) is 11.9. The van der Waals surface area contributed by atoms with Crippen LogP contribution in [0.4, 0.5) is 4.39 Å². The molecule has 1 aliphatic rings. The average molecular weight is 504 g/mol. The molecule has 1 amide bonds. The summed E-state index contributed by atoms with van der Waals surface area (Å²) in [5.74, 6) is -0.306. The molecule has 1 aliphatic heterocycles. The lowest BCUT2D eigenvalue weighted by Gasteiger charge is -2.26. The van der Waals surface area contributed by atoms with Gasteiger partial charge in [-0.05, 0) is 68.8 Å². The summed E-state index contributed by atoms with van der Waals surface area (Å²) in [5.41, 5.74) is 6.31. The lowest BCUT2D eigenvalue weighted by atomic mass is 9.81. The summed E-state index contributed by atoms with van der Waals surface area (Å²) in [6.07, 6.45) is 0.0853. The number of ether oxygens (including phenoxy) is 1. The van der Waals surface area contributed by atoms with Crippen LogP contribution in [0, 0.1) is 12.7 Å². The third-order valence-corrected chi connectivity index (χ3v) is 6.94. The molecule has 3 heterocycles. The highest BCUT2D eigenvalue weighted by Crippen LogP contribution is 2.46. The number of aromatic nitrogens is 2. The zero-order valence-corrected chi connectivity index (χ0v) is 20.7. The molecule has 0 unspecified atom stereocenters. The molecule has 3 N–H and O–H groups in total. The Bertz CT molecular complexity index is 1540. The van der Waals surface area contributed by atoms with Crippen LogP contribution in [0.2, 0.25) is 0 Å². The maximum Gasteiger partial charge on any atom is 0.231 e. The first kappa shape index (κ1) is 24.6. The highest BCUT2D eigenvalue weighted by Gasteiger charge is 2.45. The van der Waals surface area contributed by atoms with Crippen molar-refractivity contribution in [1.82, 2.24) is 9.97 Å². The van der Waals surface area contributed by atoms with Crippen molar-refractivity contribution in [2.24, 2.45) is 5.73 Å². The number of amides is 1. The summed E-state index contributed by atoms with van der Waals surface area (Å²) in [6, 6.07) is 12.3. The van der Waals surface area contributed by atoms with E-state index in [-0.39, 0.29) is 30.9 Å². The highest BCUT2D eigenvalue weighted by atomic mass is 19.1. The highest BCUT2D eigenvalue weighted by molar-refractivity contribution is 5.98. The number of ketones is 1. The molecule has 0 spiro atoms. The summed E-state index contributed by atoms with van der Waals surface area (Å²) in [6.45, 7) is 4.97. The van der Waals surface area contributed by atoms with Crippen molar-refractivity contribution in [3.8, 4) is 17.0 Å². The van der Waals surface area contributed by atoms with E-state index in [9.17, 15) is 19.1 Å². The van der Waals surface area contributed by atoms with Gasteiger partial charge < -0.3 is 20.0 Å². The summed E-state index contributed by atoms with van der Waals surface area (Å²) in [5, 5.41) is 11.5. The number of Topliss-reactive ketones (excluding diaryl/α,β-unsaturated/α-hetero) is 1. The van der Waals surface area contributed by atoms with Gasteiger partial charge in [0, 0.05) is 30.0 Å². The van der Waals surface area contributed by atoms with Crippen LogP contribution < -0.4 is 10.5 Å². The number of aryl methyl sites for hydroxylation is 1. The number of fused-ring (bicyclic) bond motifs is 2. The number of halogens is 1. The van der Waals surface area contributed by atoms with Gasteiger partial charge in [-0.1, -0.05) is 0 Å². The fraction of sp³-hybridized carbons (Fsp3) is 0.286. The van der Waals surface area contributed by atoms with Crippen molar-refractivity contribution in [3.05, 3.63) is 77.1 Å². The minimum atomic E-state index is -1.53. The van der Waals surface area contributed by atoms with Crippen LogP contribution >= 0.6 is 0 Å². The fourth-order valence-electron chi connectivity index (χ4n) is 4.51. The number of pyridine rings is 1. The van der Waals surface area contributed by atoms with Crippen LogP contribution in [-0.2, 0) is 15.8 Å². The molecule has 0 bridgehead atoms. The van der Waals surface area contributed by atoms with E-state index < -0.39 is 22.7 Å². The molecule has 5 rings (SSSR count). The van der Waals surface area contributed by atoms with E-state index in [1.54, 1.807) is 57.2 Å². The molecule has 0 saturated heterocycles. The zero-order valence-electron chi connectivity index (χ0n) is 20.7. The second-order valence-corrected chi connectivity index (χ2v) is 9.84. The van der Waals surface area contributed by atoms with Gasteiger partial charge in [0.1, 0.15) is 40.4 Å². The molecule has 0 fully saturated rings. The first-order valence-electron chi connectivity index (χ1n) is 11.9. The van der Waals surface area contributed by atoms with Crippen molar-refractivity contribution >= 4 is 22.8 Å². The third kappa shape index (κ3) is 4.35. The Kier molecular flexibility index (Phi) is 5.83. The minimum Gasteiger partial charge on any atom is -0.489 e. The summed E-state index contributed by atoms with van der Waals surface area (Å²) < 4.78 is 24.9. The third-order valence-electron chi connectivity index (χ3n) is 6.94.